The molecule has 0 aliphatic carbocycles. The van der Waals surface area contributed by atoms with Crippen LogP contribution in [0.4, 0.5) is 5.69 Å². The molecule has 0 atom stereocenters. The quantitative estimate of drug-likeness (QED) is 0.617. The summed E-state index contributed by atoms with van der Waals surface area (Å²) < 4.78 is 1.29. The van der Waals surface area contributed by atoms with Gasteiger partial charge < -0.3 is 5.73 Å². The molecule has 4 heteroatoms. The first-order valence-electron chi connectivity index (χ1n) is 3.50. The van der Waals surface area contributed by atoms with E-state index in [0.717, 1.165) is 0 Å². The third-order valence-corrected chi connectivity index (χ3v) is 1.36. The molecule has 4 nitrogen and oxygen atoms in total. The zero-order valence-electron chi connectivity index (χ0n) is 6.53. The summed E-state index contributed by atoms with van der Waals surface area (Å²) in [4.78, 5) is 11.1. The van der Waals surface area contributed by atoms with E-state index in [1.807, 2.05) is 0 Å². The number of terminal acetylenes is 1. The number of nitrogen functional groups attached to an aromatic ring is 1. The lowest BCUT2D eigenvalue weighted by Gasteiger charge is -1.99. The number of aromatic nitrogens is 2. The predicted octanol–water partition coefficient (Wildman–Crippen LogP) is -0.151. The van der Waals surface area contributed by atoms with Gasteiger partial charge in [-0.2, -0.15) is 5.10 Å². The highest BCUT2D eigenvalue weighted by Crippen LogP contribution is 1.90. The second-order valence-electron chi connectivity index (χ2n) is 2.30. The molecule has 1 heterocycles. The molecule has 0 aliphatic rings. The van der Waals surface area contributed by atoms with E-state index in [-0.39, 0.29) is 5.56 Å². The van der Waals surface area contributed by atoms with Crippen molar-refractivity contribution >= 4 is 5.69 Å². The lowest BCUT2D eigenvalue weighted by Crippen LogP contribution is -2.22. The summed E-state index contributed by atoms with van der Waals surface area (Å²) in [6.07, 6.45) is 6.96. The van der Waals surface area contributed by atoms with E-state index in [4.69, 9.17) is 12.2 Å². The number of nitrogens with zero attached hydrogens (tertiary/aromatic N) is 2. The second-order valence-corrected chi connectivity index (χ2v) is 2.30. The van der Waals surface area contributed by atoms with E-state index >= 15 is 0 Å². The SMILES string of the molecule is C#CCCn1ncc(N)cc1=O. The van der Waals surface area contributed by atoms with Crippen LogP contribution >= 0.6 is 0 Å². The first-order valence-corrected chi connectivity index (χ1v) is 3.50. The van der Waals surface area contributed by atoms with Crippen molar-refractivity contribution in [1.29, 1.82) is 0 Å². The van der Waals surface area contributed by atoms with Crippen molar-refractivity contribution < 1.29 is 0 Å². The summed E-state index contributed by atoms with van der Waals surface area (Å²) in [5, 5.41) is 3.80. The van der Waals surface area contributed by atoms with Crippen molar-refractivity contribution in [2.24, 2.45) is 0 Å². The standard InChI is InChI=1S/C8H9N3O/c1-2-3-4-11-8(12)5-7(9)6-10-11/h1,5-6H,3-4,9H2. The fourth-order valence-electron chi connectivity index (χ4n) is 0.786. The van der Waals surface area contributed by atoms with Crippen LogP contribution in [0.5, 0.6) is 0 Å². The number of anilines is 1. The molecule has 0 spiro atoms. The summed E-state index contributed by atoms with van der Waals surface area (Å²) >= 11 is 0. The maximum atomic E-state index is 11.1. The van der Waals surface area contributed by atoms with E-state index in [9.17, 15) is 4.79 Å². The van der Waals surface area contributed by atoms with Crippen molar-refractivity contribution in [3.8, 4) is 12.3 Å². The Kier molecular flexibility index (Phi) is 2.49. The molecule has 0 bridgehead atoms. The van der Waals surface area contributed by atoms with E-state index in [2.05, 4.69) is 11.0 Å². The van der Waals surface area contributed by atoms with Crippen LogP contribution in [0, 0.1) is 12.3 Å². The molecule has 0 saturated heterocycles. The minimum absolute atomic E-state index is 0.217. The Morgan fingerprint density at radius 2 is 2.50 bits per heavy atom. The molecule has 1 rings (SSSR count). The molecule has 12 heavy (non-hydrogen) atoms. The van der Waals surface area contributed by atoms with Crippen LogP contribution in [0.25, 0.3) is 0 Å². The zero-order chi connectivity index (χ0) is 8.97. The van der Waals surface area contributed by atoms with Crippen molar-refractivity contribution in [2.75, 3.05) is 5.73 Å². The van der Waals surface area contributed by atoms with Crippen LogP contribution in [-0.4, -0.2) is 9.78 Å². The molecule has 0 fully saturated rings. The van der Waals surface area contributed by atoms with Crippen LogP contribution in [0.15, 0.2) is 17.1 Å². The molecular weight excluding hydrogens is 154 g/mol. The minimum Gasteiger partial charge on any atom is -0.397 e. The second kappa shape index (κ2) is 3.58. The average Bonchev–Trinajstić information content (AvgIpc) is 2.03. The highest BCUT2D eigenvalue weighted by atomic mass is 16.1. The first kappa shape index (κ1) is 8.34. The molecule has 1 aromatic rings. The van der Waals surface area contributed by atoms with Crippen molar-refractivity contribution in [2.45, 2.75) is 13.0 Å². The van der Waals surface area contributed by atoms with Crippen molar-refractivity contribution in [3.63, 3.8) is 0 Å². The average molecular weight is 163 g/mol. The van der Waals surface area contributed by atoms with E-state index in [1.165, 1.54) is 16.9 Å². The van der Waals surface area contributed by atoms with Gasteiger partial charge in [-0.1, -0.05) is 0 Å². The van der Waals surface area contributed by atoms with Crippen LogP contribution in [0.3, 0.4) is 0 Å². The Hall–Kier alpha value is -1.76. The molecule has 1 aromatic heterocycles. The van der Waals surface area contributed by atoms with Gasteiger partial charge in [0.25, 0.3) is 5.56 Å². The summed E-state index contributed by atoms with van der Waals surface area (Å²) in [6.45, 7) is 0.440. The number of nitrogens with two attached hydrogens (primary N) is 1. The predicted molar refractivity (Wildman–Crippen MR) is 46.4 cm³/mol. The molecule has 0 aromatic carbocycles. The molecule has 0 aliphatic heterocycles. The third kappa shape index (κ3) is 1.86. The van der Waals surface area contributed by atoms with Crippen molar-refractivity contribution in [3.05, 3.63) is 22.6 Å². The summed E-state index contributed by atoms with van der Waals surface area (Å²) in [6, 6.07) is 1.32. The number of rotatable bonds is 2. The summed E-state index contributed by atoms with van der Waals surface area (Å²) in [5.41, 5.74) is 5.49. The monoisotopic (exact) mass is 163 g/mol. The maximum absolute atomic E-state index is 11.1. The largest absolute Gasteiger partial charge is 0.397 e. The van der Waals surface area contributed by atoms with Gasteiger partial charge in [-0.15, -0.1) is 12.3 Å². The van der Waals surface area contributed by atoms with Crippen LogP contribution in [0.2, 0.25) is 0 Å². The molecule has 0 amide bonds. The Balaban J connectivity index is 2.89. The van der Waals surface area contributed by atoms with Gasteiger partial charge in [-0.3, -0.25) is 4.79 Å². The van der Waals surface area contributed by atoms with Crippen LogP contribution in [0.1, 0.15) is 6.42 Å². The van der Waals surface area contributed by atoms with Crippen LogP contribution in [-0.2, 0) is 6.54 Å². The van der Waals surface area contributed by atoms with Crippen molar-refractivity contribution in [1.82, 2.24) is 9.78 Å². The van der Waals surface area contributed by atoms with Gasteiger partial charge in [0.05, 0.1) is 18.4 Å². The molecular formula is C8H9N3O. The first-order chi connectivity index (χ1) is 5.74. The topological polar surface area (TPSA) is 60.9 Å². The minimum atomic E-state index is -0.217. The van der Waals surface area contributed by atoms with E-state index < -0.39 is 0 Å². The molecule has 0 radical (unpaired) electrons. The van der Waals surface area contributed by atoms with Gasteiger partial charge >= 0.3 is 0 Å². The zero-order valence-corrected chi connectivity index (χ0v) is 6.53. The molecule has 62 valence electrons. The van der Waals surface area contributed by atoms with Gasteiger partial charge in [-0.05, 0) is 0 Å². The highest BCUT2D eigenvalue weighted by molar-refractivity contribution is 5.31. The lowest BCUT2D eigenvalue weighted by molar-refractivity contribution is 0.591. The van der Waals surface area contributed by atoms with E-state index in [1.54, 1.807) is 0 Å². The summed E-state index contributed by atoms with van der Waals surface area (Å²) in [5.74, 6) is 2.43. The smallest absolute Gasteiger partial charge is 0.268 e. The number of hydrogen-bond donors (Lipinski definition) is 1. The molecule has 2 N–H and O–H groups in total. The lowest BCUT2D eigenvalue weighted by atomic mass is 10.4. The van der Waals surface area contributed by atoms with Gasteiger partial charge in [0.1, 0.15) is 0 Å². The molecule has 0 saturated carbocycles. The van der Waals surface area contributed by atoms with Gasteiger partial charge in [0, 0.05) is 12.5 Å². The number of hydrogen-bond acceptors (Lipinski definition) is 3. The summed E-state index contributed by atoms with van der Waals surface area (Å²) in [7, 11) is 0. The normalized spacial score (nSPS) is 9.25. The fraction of sp³-hybridized carbons (Fsp3) is 0.250. The fourth-order valence-corrected chi connectivity index (χ4v) is 0.786. The van der Waals surface area contributed by atoms with E-state index in [0.29, 0.717) is 18.7 Å². The highest BCUT2D eigenvalue weighted by Gasteiger charge is 1.95. The molecule has 0 unspecified atom stereocenters. The van der Waals surface area contributed by atoms with Gasteiger partial charge in [0.2, 0.25) is 0 Å². The Morgan fingerprint density at radius 3 is 3.08 bits per heavy atom. The van der Waals surface area contributed by atoms with Gasteiger partial charge in [-0.25, -0.2) is 4.68 Å². The number of aryl methyl sites for hydroxylation is 1. The Bertz CT molecular complexity index is 361. The Morgan fingerprint density at radius 1 is 1.75 bits per heavy atom. The van der Waals surface area contributed by atoms with Gasteiger partial charge in [0.15, 0.2) is 0 Å². The van der Waals surface area contributed by atoms with Crippen LogP contribution < -0.4 is 11.3 Å². The third-order valence-electron chi connectivity index (χ3n) is 1.36. The maximum Gasteiger partial charge on any atom is 0.268 e. The Labute approximate surface area is 70.0 Å².